The normalized spacial score (nSPS) is 18.6. The van der Waals surface area contributed by atoms with E-state index >= 15 is 0 Å². The van der Waals surface area contributed by atoms with Crippen molar-refractivity contribution in [1.29, 1.82) is 0 Å². The van der Waals surface area contributed by atoms with E-state index in [1.165, 1.54) is 80.2 Å². The molecule has 0 nitrogen and oxygen atoms in total. The minimum absolute atomic E-state index is 0.855. The molecule has 2 aliphatic carbocycles. The van der Waals surface area contributed by atoms with Gasteiger partial charge in [-0.15, -0.1) is 0 Å². The molecule has 0 saturated heterocycles. The van der Waals surface area contributed by atoms with Crippen LogP contribution in [0.5, 0.6) is 0 Å². The van der Waals surface area contributed by atoms with E-state index in [4.69, 9.17) is 0 Å². The first kappa shape index (κ1) is 25.1. The zero-order valence-corrected chi connectivity index (χ0v) is 21.3. The highest BCUT2D eigenvalue weighted by Gasteiger charge is 2.25. The summed E-state index contributed by atoms with van der Waals surface area (Å²) < 4.78 is 0. The van der Waals surface area contributed by atoms with Crippen LogP contribution in [-0.4, -0.2) is 17.5 Å². The Bertz CT molecular complexity index is 848. The van der Waals surface area contributed by atoms with E-state index in [1.807, 2.05) is 0 Å². The molecular weight excluding hydrogens is 380 g/mol. The van der Waals surface area contributed by atoms with Gasteiger partial charge in [0.05, 0.1) is 0 Å². The molecule has 3 rings (SSSR count). The molecule has 0 spiro atoms. The van der Waals surface area contributed by atoms with Gasteiger partial charge in [-0.3, -0.25) is 0 Å². The Morgan fingerprint density at radius 1 is 1.00 bits per heavy atom. The second-order valence-corrected chi connectivity index (χ2v) is 12.5. The van der Waals surface area contributed by atoms with Crippen LogP contribution >= 0.6 is 9.21 Å². The third-order valence-corrected chi connectivity index (χ3v) is 9.10. The minimum Gasteiger partial charge on any atom is -0.187 e. The van der Waals surface area contributed by atoms with Crippen LogP contribution in [0.3, 0.4) is 0 Å². The highest BCUT2D eigenvalue weighted by Crippen LogP contribution is 2.42. The highest BCUT2D eigenvalue weighted by atomic mass is 32.2. The van der Waals surface area contributed by atoms with Gasteiger partial charge in [0, 0.05) is 0 Å². The summed E-state index contributed by atoms with van der Waals surface area (Å²) >= 11 is 0. The Balaban J connectivity index is 0.000000220. The maximum absolute atomic E-state index is 4.41. The number of hydrogen-bond donors (Lipinski definition) is 0. The summed E-state index contributed by atoms with van der Waals surface area (Å²) in [6.45, 7) is 11.3. The summed E-state index contributed by atoms with van der Waals surface area (Å²) in [6, 6.07) is 6.66. The van der Waals surface area contributed by atoms with Gasteiger partial charge in [-0.2, -0.15) is 9.21 Å². The van der Waals surface area contributed by atoms with Crippen LogP contribution in [0, 0.1) is 19.8 Å². The van der Waals surface area contributed by atoms with Gasteiger partial charge in [0.25, 0.3) is 0 Å². The summed E-state index contributed by atoms with van der Waals surface area (Å²) in [5.41, 5.74) is 7.91. The van der Waals surface area contributed by atoms with Crippen LogP contribution in [0.1, 0.15) is 96.1 Å². The van der Waals surface area contributed by atoms with Crippen molar-refractivity contribution in [2.45, 2.75) is 104 Å². The number of unbranched alkanes of at least 4 members (excludes halogenated alkanes) is 3. The molecule has 1 atom stereocenters. The number of aryl methyl sites for hydroxylation is 2. The van der Waals surface area contributed by atoms with Gasteiger partial charge in [0.15, 0.2) is 0 Å². The SMILES string of the molecule is C=S(=C)(CCCCCC)c1cc(C)ccc1C.CCCC1=CCCC2=C1C(C)CC2. The Labute approximate surface area is 188 Å². The Hall–Kier alpha value is -1.21. The molecule has 2 aliphatic rings. The zero-order chi connectivity index (χ0) is 22.1. The van der Waals surface area contributed by atoms with E-state index in [0.29, 0.717) is 0 Å². The van der Waals surface area contributed by atoms with E-state index in [9.17, 15) is 0 Å². The van der Waals surface area contributed by atoms with Gasteiger partial charge in [-0.25, -0.2) is 0 Å². The van der Waals surface area contributed by atoms with Gasteiger partial charge < -0.3 is 0 Å². The van der Waals surface area contributed by atoms with Crippen molar-refractivity contribution in [2.24, 2.45) is 5.92 Å². The zero-order valence-electron chi connectivity index (χ0n) is 20.5. The average Bonchev–Trinajstić information content (AvgIpc) is 3.10. The van der Waals surface area contributed by atoms with Crippen LogP contribution in [0.15, 0.2) is 45.9 Å². The van der Waals surface area contributed by atoms with Crippen molar-refractivity contribution in [3.63, 3.8) is 0 Å². The molecule has 1 aromatic rings. The van der Waals surface area contributed by atoms with Crippen LogP contribution < -0.4 is 0 Å². The molecule has 0 amide bonds. The van der Waals surface area contributed by atoms with Crippen molar-refractivity contribution in [1.82, 2.24) is 0 Å². The molecular formula is C29H46S. The largest absolute Gasteiger partial charge is 0.187 e. The summed E-state index contributed by atoms with van der Waals surface area (Å²) in [7, 11) is -1.09. The molecule has 1 heteroatoms. The predicted octanol–water partition coefficient (Wildman–Crippen LogP) is 9.14. The van der Waals surface area contributed by atoms with E-state index in [0.717, 1.165) is 11.7 Å². The number of rotatable bonds is 8. The molecule has 0 fully saturated rings. The lowest BCUT2D eigenvalue weighted by Crippen LogP contribution is -2.02. The van der Waals surface area contributed by atoms with Crippen molar-refractivity contribution in [3.8, 4) is 0 Å². The van der Waals surface area contributed by atoms with Crippen molar-refractivity contribution >= 4 is 20.9 Å². The van der Waals surface area contributed by atoms with Crippen LogP contribution in [0.2, 0.25) is 0 Å². The van der Waals surface area contributed by atoms with E-state index in [1.54, 1.807) is 16.7 Å². The van der Waals surface area contributed by atoms with Gasteiger partial charge in [0.2, 0.25) is 0 Å². The fourth-order valence-corrected chi connectivity index (χ4v) is 7.11. The van der Waals surface area contributed by atoms with Gasteiger partial charge in [-0.1, -0.05) is 87.5 Å². The first-order chi connectivity index (χ1) is 14.3. The van der Waals surface area contributed by atoms with Crippen LogP contribution in [0.25, 0.3) is 0 Å². The van der Waals surface area contributed by atoms with Gasteiger partial charge >= 0.3 is 0 Å². The summed E-state index contributed by atoms with van der Waals surface area (Å²) in [4.78, 5) is 1.40. The standard InChI is InChI=1S/C16H26S.C13H20/c1-6-7-8-9-12-17(4,5)16-13-14(2)10-11-15(16)3;1-3-5-11-6-4-7-12-9-8-10(2)13(11)12/h10-11,13H,4-9,12H2,1-3H3;6,10H,3-5,7-9H2,1-2H3. The van der Waals surface area contributed by atoms with Crippen molar-refractivity contribution in [3.05, 3.63) is 52.1 Å². The lowest BCUT2D eigenvalue weighted by Gasteiger charge is -2.19. The molecule has 1 aromatic carbocycles. The topological polar surface area (TPSA) is 0 Å². The van der Waals surface area contributed by atoms with E-state index < -0.39 is 9.21 Å². The maximum atomic E-state index is 4.41. The second kappa shape index (κ2) is 12.0. The second-order valence-electron chi connectivity index (χ2n) is 9.55. The fraction of sp³-hybridized carbons (Fsp3) is 0.586. The van der Waals surface area contributed by atoms with Gasteiger partial charge in [-0.05, 0) is 91.7 Å². The van der Waals surface area contributed by atoms with Crippen molar-refractivity contribution < 1.29 is 0 Å². The smallest absolute Gasteiger partial charge is 0.000718 e. The van der Waals surface area contributed by atoms with Crippen LogP contribution in [-0.2, 0) is 0 Å². The highest BCUT2D eigenvalue weighted by molar-refractivity contribution is 8.27. The molecule has 0 aliphatic heterocycles. The number of hydrogen-bond acceptors (Lipinski definition) is 0. The molecule has 0 N–H and O–H groups in total. The molecule has 0 heterocycles. The minimum atomic E-state index is -1.09. The monoisotopic (exact) mass is 426 g/mol. The third-order valence-electron chi connectivity index (χ3n) is 6.65. The lowest BCUT2D eigenvalue weighted by atomic mass is 9.87. The van der Waals surface area contributed by atoms with E-state index in [-0.39, 0.29) is 0 Å². The summed E-state index contributed by atoms with van der Waals surface area (Å²) in [5.74, 6) is 10.8. The Kier molecular flexibility index (Phi) is 10.0. The average molecular weight is 427 g/mol. The molecule has 0 aromatic heterocycles. The molecule has 0 bridgehead atoms. The molecule has 168 valence electrons. The molecule has 1 unspecified atom stereocenters. The lowest BCUT2D eigenvalue weighted by molar-refractivity contribution is 0.666. The number of benzene rings is 1. The first-order valence-electron chi connectivity index (χ1n) is 12.3. The molecule has 0 saturated carbocycles. The maximum Gasteiger partial charge on any atom is -0.000718 e. The predicted molar refractivity (Wildman–Crippen MR) is 143 cm³/mol. The van der Waals surface area contributed by atoms with Crippen molar-refractivity contribution in [2.75, 3.05) is 5.75 Å². The molecule has 0 radical (unpaired) electrons. The fourth-order valence-electron chi connectivity index (χ4n) is 4.95. The Morgan fingerprint density at radius 3 is 2.47 bits per heavy atom. The van der Waals surface area contributed by atoms with Crippen LogP contribution in [0.4, 0.5) is 0 Å². The Morgan fingerprint density at radius 2 is 1.77 bits per heavy atom. The summed E-state index contributed by atoms with van der Waals surface area (Å²) in [5, 5.41) is 0. The van der Waals surface area contributed by atoms with Gasteiger partial charge in [0.1, 0.15) is 0 Å². The molecule has 30 heavy (non-hydrogen) atoms. The van der Waals surface area contributed by atoms with E-state index in [2.05, 4.69) is 70.6 Å². The third kappa shape index (κ3) is 6.91. The first-order valence-corrected chi connectivity index (χ1v) is 14.4. The number of allylic oxidation sites excluding steroid dienone is 4. The summed E-state index contributed by atoms with van der Waals surface area (Å²) in [6.07, 6.45) is 15.8. The quantitative estimate of drug-likeness (QED) is 0.287.